The van der Waals surface area contributed by atoms with E-state index in [0.29, 0.717) is 13.1 Å². The lowest BCUT2D eigenvalue weighted by atomic mass is 9.93. The van der Waals surface area contributed by atoms with E-state index in [0.717, 1.165) is 107 Å². The molecule has 7 rings (SSSR count). The molecule has 5 heterocycles. The van der Waals surface area contributed by atoms with Crippen molar-refractivity contribution < 1.29 is 28.7 Å². The minimum atomic E-state index is -0.673. The molecule has 2 aliphatic heterocycles. The minimum absolute atomic E-state index is 0.0120. The van der Waals surface area contributed by atoms with Crippen LogP contribution in [0.3, 0.4) is 0 Å². The van der Waals surface area contributed by atoms with E-state index in [1.807, 2.05) is 80.1 Å². The number of pyridine rings is 1. The third-order valence-corrected chi connectivity index (χ3v) is 12.6. The van der Waals surface area contributed by atoms with Gasteiger partial charge in [-0.05, 0) is 67.9 Å². The summed E-state index contributed by atoms with van der Waals surface area (Å²) in [6.07, 6.45) is 6.83. The molecular formula is C45H57N9O6. The maximum Gasteiger partial charge on any atom is 0.407 e. The van der Waals surface area contributed by atoms with Crippen molar-refractivity contribution in [1.82, 2.24) is 45.4 Å². The van der Waals surface area contributed by atoms with E-state index in [1.165, 1.54) is 14.2 Å². The van der Waals surface area contributed by atoms with Crippen molar-refractivity contribution in [2.75, 3.05) is 27.3 Å². The first-order valence-corrected chi connectivity index (χ1v) is 21.4. The summed E-state index contributed by atoms with van der Waals surface area (Å²) < 4.78 is 9.72. The zero-order chi connectivity index (χ0) is 42.5. The molecule has 0 radical (unpaired) electrons. The van der Waals surface area contributed by atoms with E-state index >= 15 is 0 Å². The number of rotatable bonds is 14. The van der Waals surface area contributed by atoms with Gasteiger partial charge in [0.05, 0.1) is 60.4 Å². The molecule has 0 unspecified atom stereocenters. The highest BCUT2D eigenvalue weighted by atomic mass is 16.5. The minimum Gasteiger partial charge on any atom is -0.453 e. The standard InChI is InChI=1S/C45H57N9O6/c1-7-26(8-2)38(51-44(57)59-5)42(55)53-21-11-13-36(53)40-46-25-35(50-40)29-16-19-31-28(23-29)15-18-32(47-31)30-17-20-33-34(24-30)49-41(48-33)37-14-12-22-54(37)43(56)39(27(9-3)10-4)52-45(58)60-6/h15-20,23-27,36-39H,7-14,21-22H2,1-6H3,(H,46,50)(H,48,49)(H,51,57)(H,52,58)/t36-,37-,38-,39-/m0/s1. The number of amides is 4. The second-order valence-corrected chi connectivity index (χ2v) is 15.9. The molecule has 2 saturated heterocycles. The molecule has 2 fully saturated rings. The molecule has 4 N–H and O–H groups in total. The maximum atomic E-state index is 14.0. The van der Waals surface area contributed by atoms with E-state index in [2.05, 4.69) is 32.7 Å². The van der Waals surface area contributed by atoms with E-state index in [-0.39, 0.29) is 35.7 Å². The van der Waals surface area contributed by atoms with Crippen LogP contribution in [0.25, 0.3) is 44.5 Å². The molecule has 0 bridgehead atoms. The van der Waals surface area contributed by atoms with Crippen LogP contribution in [0.1, 0.15) is 103 Å². The molecular weight excluding hydrogens is 763 g/mol. The molecule has 0 aliphatic carbocycles. The number of imidazole rings is 2. The van der Waals surface area contributed by atoms with Gasteiger partial charge < -0.3 is 39.9 Å². The number of nitrogens with one attached hydrogen (secondary N) is 4. The van der Waals surface area contributed by atoms with E-state index < -0.39 is 24.3 Å². The summed E-state index contributed by atoms with van der Waals surface area (Å²) in [7, 11) is 2.62. The summed E-state index contributed by atoms with van der Waals surface area (Å²) in [4.78, 5) is 77.7. The topological polar surface area (TPSA) is 188 Å². The molecule has 2 aliphatic rings. The molecule has 2 aromatic carbocycles. The smallest absolute Gasteiger partial charge is 0.407 e. The summed E-state index contributed by atoms with van der Waals surface area (Å²) in [5, 5.41) is 6.57. The van der Waals surface area contributed by atoms with E-state index in [4.69, 9.17) is 24.4 Å². The van der Waals surface area contributed by atoms with Crippen molar-refractivity contribution in [3.05, 3.63) is 66.4 Å². The number of benzene rings is 2. The molecule has 4 atom stereocenters. The lowest BCUT2D eigenvalue weighted by Crippen LogP contribution is -2.52. The fourth-order valence-corrected chi connectivity index (χ4v) is 9.09. The van der Waals surface area contributed by atoms with Crippen molar-refractivity contribution in [3.63, 3.8) is 0 Å². The molecule has 0 spiro atoms. The highest BCUT2D eigenvalue weighted by Crippen LogP contribution is 2.36. The largest absolute Gasteiger partial charge is 0.453 e. The summed E-state index contributed by atoms with van der Waals surface area (Å²) in [6, 6.07) is 14.4. The van der Waals surface area contributed by atoms with Crippen LogP contribution in [0.15, 0.2) is 54.7 Å². The fraction of sp³-hybridized carbons (Fsp3) is 0.489. The Morgan fingerprint density at radius 2 is 1.27 bits per heavy atom. The van der Waals surface area contributed by atoms with E-state index in [1.54, 1.807) is 0 Å². The molecule has 4 amide bonds. The van der Waals surface area contributed by atoms with Crippen LogP contribution in [0, 0.1) is 11.8 Å². The van der Waals surface area contributed by atoms with Gasteiger partial charge in [-0.2, -0.15) is 0 Å². The first kappa shape index (κ1) is 42.1. The van der Waals surface area contributed by atoms with Crippen molar-refractivity contribution >= 4 is 45.9 Å². The predicted octanol–water partition coefficient (Wildman–Crippen LogP) is 7.82. The van der Waals surface area contributed by atoms with Crippen LogP contribution in [-0.2, 0) is 19.1 Å². The van der Waals surface area contributed by atoms with Crippen molar-refractivity contribution in [2.24, 2.45) is 11.8 Å². The molecule has 60 heavy (non-hydrogen) atoms. The molecule has 318 valence electrons. The molecule has 0 saturated carbocycles. The normalized spacial score (nSPS) is 17.7. The fourth-order valence-electron chi connectivity index (χ4n) is 9.09. The van der Waals surface area contributed by atoms with Gasteiger partial charge in [0, 0.05) is 29.6 Å². The van der Waals surface area contributed by atoms with Gasteiger partial charge in [0.25, 0.3) is 0 Å². The number of aromatic nitrogens is 5. The van der Waals surface area contributed by atoms with Gasteiger partial charge in [-0.3, -0.25) is 9.59 Å². The molecule has 3 aromatic heterocycles. The number of ether oxygens (including phenoxy) is 2. The van der Waals surface area contributed by atoms with Crippen molar-refractivity contribution in [3.8, 4) is 22.5 Å². The van der Waals surface area contributed by atoms with Crippen LogP contribution in [-0.4, -0.2) is 98.1 Å². The summed E-state index contributed by atoms with van der Waals surface area (Å²) in [6.45, 7) is 9.29. The Balaban J connectivity index is 1.07. The Kier molecular flexibility index (Phi) is 13.0. The third kappa shape index (κ3) is 8.52. The Bertz CT molecular complexity index is 2330. The van der Waals surface area contributed by atoms with Crippen LogP contribution in [0.2, 0.25) is 0 Å². The number of H-pyrrole nitrogens is 2. The SMILES string of the molecule is CCC(CC)[C@H](NC(=O)OC)C(=O)N1CCC[C@H]1c1ncc(-c2ccc3nc(-c4ccc5nc([C@@H]6CCCN6C(=O)[C@@H](NC(=O)OC)C(CC)CC)[nH]c5c4)ccc3c2)[nH]1. The quantitative estimate of drug-likeness (QED) is 0.0867. The molecule has 15 nitrogen and oxygen atoms in total. The van der Waals surface area contributed by atoms with Crippen molar-refractivity contribution in [2.45, 2.75) is 103 Å². The highest BCUT2D eigenvalue weighted by Gasteiger charge is 2.40. The van der Waals surface area contributed by atoms with Gasteiger partial charge in [0.2, 0.25) is 11.8 Å². The second kappa shape index (κ2) is 18.5. The average molecular weight is 820 g/mol. The van der Waals surface area contributed by atoms with Crippen LogP contribution in [0.5, 0.6) is 0 Å². The Hall–Kier alpha value is -5.99. The first-order valence-electron chi connectivity index (χ1n) is 21.4. The van der Waals surface area contributed by atoms with Crippen LogP contribution in [0.4, 0.5) is 9.59 Å². The first-order chi connectivity index (χ1) is 29.1. The molecule has 5 aromatic rings. The zero-order valence-corrected chi connectivity index (χ0v) is 35.4. The number of methoxy groups -OCH3 is 2. The number of carbonyl (C=O) groups is 4. The number of hydrogen-bond donors (Lipinski definition) is 4. The Morgan fingerprint density at radius 1 is 0.700 bits per heavy atom. The third-order valence-electron chi connectivity index (χ3n) is 12.6. The van der Waals surface area contributed by atoms with Gasteiger partial charge in [-0.1, -0.05) is 71.6 Å². The second-order valence-electron chi connectivity index (χ2n) is 15.9. The lowest BCUT2D eigenvalue weighted by molar-refractivity contribution is -0.136. The maximum absolute atomic E-state index is 14.0. The number of nitrogens with zero attached hydrogens (tertiary/aromatic N) is 5. The van der Waals surface area contributed by atoms with Crippen molar-refractivity contribution in [1.29, 1.82) is 0 Å². The van der Waals surface area contributed by atoms with Gasteiger partial charge >= 0.3 is 12.2 Å². The zero-order valence-electron chi connectivity index (χ0n) is 35.4. The summed E-state index contributed by atoms with van der Waals surface area (Å²) in [5.41, 5.74) is 6.03. The summed E-state index contributed by atoms with van der Waals surface area (Å²) >= 11 is 0. The van der Waals surface area contributed by atoms with Gasteiger partial charge in [-0.25, -0.2) is 24.5 Å². The number of aromatic amines is 2. The number of alkyl carbamates (subject to hydrolysis) is 2. The number of likely N-dealkylation sites (tertiary alicyclic amines) is 2. The summed E-state index contributed by atoms with van der Waals surface area (Å²) in [5.74, 6) is 1.19. The lowest BCUT2D eigenvalue weighted by Gasteiger charge is -2.31. The number of carbonyl (C=O) groups excluding carboxylic acids is 4. The predicted molar refractivity (Wildman–Crippen MR) is 229 cm³/mol. The number of hydrogen-bond acceptors (Lipinski definition) is 9. The monoisotopic (exact) mass is 819 g/mol. The Morgan fingerprint density at radius 3 is 1.85 bits per heavy atom. The highest BCUT2D eigenvalue weighted by molar-refractivity contribution is 5.89. The van der Waals surface area contributed by atoms with Crippen LogP contribution < -0.4 is 10.6 Å². The van der Waals surface area contributed by atoms with E-state index in [9.17, 15) is 19.2 Å². The number of fused-ring (bicyclic) bond motifs is 2. The van der Waals surface area contributed by atoms with Crippen LogP contribution >= 0.6 is 0 Å². The van der Waals surface area contributed by atoms with Gasteiger partial charge in [0.15, 0.2) is 0 Å². The van der Waals surface area contributed by atoms with Gasteiger partial charge in [-0.15, -0.1) is 0 Å². The average Bonchev–Trinajstić information content (AvgIpc) is 4.12. The Labute approximate surface area is 350 Å². The molecule has 15 heteroatoms. The van der Waals surface area contributed by atoms with Gasteiger partial charge in [0.1, 0.15) is 23.7 Å².